The SMILES string of the molecule is CCOC(=O)C(O)c1cc(OCC)c(OC)cc1OC. The number of methoxy groups -OCH3 is 2. The van der Waals surface area contributed by atoms with Gasteiger partial charge in [0.25, 0.3) is 0 Å². The summed E-state index contributed by atoms with van der Waals surface area (Å²) >= 11 is 0. The highest BCUT2D eigenvalue weighted by atomic mass is 16.5. The Hall–Kier alpha value is -1.95. The van der Waals surface area contributed by atoms with Gasteiger partial charge in [0.15, 0.2) is 17.6 Å². The van der Waals surface area contributed by atoms with Gasteiger partial charge in [0.05, 0.1) is 27.4 Å². The van der Waals surface area contributed by atoms with Gasteiger partial charge in [0, 0.05) is 11.6 Å². The van der Waals surface area contributed by atoms with Crippen molar-refractivity contribution in [1.29, 1.82) is 0 Å². The summed E-state index contributed by atoms with van der Waals surface area (Å²) in [7, 11) is 2.94. The molecule has 1 aromatic carbocycles. The van der Waals surface area contributed by atoms with Gasteiger partial charge in [0.2, 0.25) is 0 Å². The van der Waals surface area contributed by atoms with Crippen molar-refractivity contribution in [2.45, 2.75) is 20.0 Å². The smallest absolute Gasteiger partial charge is 0.339 e. The maximum absolute atomic E-state index is 11.6. The zero-order chi connectivity index (χ0) is 15.1. The van der Waals surface area contributed by atoms with Gasteiger partial charge in [-0.1, -0.05) is 0 Å². The summed E-state index contributed by atoms with van der Waals surface area (Å²) in [4.78, 5) is 11.6. The van der Waals surface area contributed by atoms with Crippen molar-refractivity contribution in [3.8, 4) is 17.2 Å². The van der Waals surface area contributed by atoms with Gasteiger partial charge in [-0.15, -0.1) is 0 Å². The van der Waals surface area contributed by atoms with Crippen LogP contribution in [0.1, 0.15) is 25.5 Å². The lowest BCUT2D eigenvalue weighted by Crippen LogP contribution is -2.16. The summed E-state index contributed by atoms with van der Waals surface area (Å²) in [6.07, 6.45) is -1.44. The Balaban J connectivity index is 3.22. The maximum atomic E-state index is 11.6. The second kappa shape index (κ2) is 7.59. The van der Waals surface area contributed by atoms with E-state index >= 15 is 0 Å². The zero-order valence-electron chi connectivity index (χ0n) is 12.1. The Morgan fingerprint density at radius 2 is 1.75 bits per heavy atom. The second-order valence-electron chi connectivity index (χ2n) is 3.83. The first-order valence-electron chi connectivity index (χ1n) is 6.32. The molecule has 20 heavy (non-hydrogen) atoms. The fraction of sp³-hybridized carbons (Fsp3) is 0.500. The summed E-state index contributed by atoms with van der Waals surface area (Å²) in [6, 6.07) is 3.07. The first-order chi connectivity index (χ1) is 9.58. The van der Waals surface area contributed by atoms with Gasteiger partial charge in [-0.3, -0.25) is 0 Å². The van der Waals surface area contributed by atoms with Gasteiger partial charge in [0.1, 0.15) is 5.75 Å². The Bertz CT molecular complexity index is 457. The van der Waals surface area contributed by atoms with Crippen molar-refractivity contribution in [2.24, 2.45) is 0 Å². The molecule has 1 rings (SSSR count). The van der Waals surface area contributed by atoms with E-state index in [0.717, 1.165) is 0 Å². The summed E-state index contributed by atoms with van der Waals surface area (Å²) in [5.41, 5.74) is 0.273. The number of carbonyl (C=O) groups excluding carboxylic acids is 1. The molecule has 6 nitrogen and oxygen atoms in total. The van der Waals surface area contributed by atoms with E-state index in [2.05, 4.69) is 0 Å². The molecule has 0 aliphatic carbocycles. The summed E-state index contributed by atoms with van der Waals surface area (Å²) in [5, 5.41) is 10.0. The fourth-order valence-electron chi connectivity index (χ4n) is 1.72. The first-order valence-corrected chi connectivity index (χ1v) is 6.32. The van der Waals surface area contributed by atoms with E-state index in [1.807, 2.05) is 6.92 Å². The normalized spacial score (nSPS) is 11.7. The van der Waals surface area contributed by atoms with Crippen LogP contribution in [-0.2, 0) is 9.53 Å². The Kier molecular flexibility index (Phi) is 6.11. The van der Waals surface area contributed by atoms with Crippen LogP contribution in [0.5, 0.6) is 17.2 Å². The van der Waals surface area contributed by atoms with Crippen LogP contribution in [0.2, 0.25) is 0 Å². The molecule has 0 aliphatic heterocycles. The van der Waals surface area contributed by atoms with Crippen LogP contribution in [0.15, 0.2) is 12.1 Å². The number of hydrogen-bond acceptors (Lipinski definition) is 6. The molecule has 0 bridgehead atoms. The molecule has 1 atom stereocenters. The van der Waals surface area contributed by atoms with Gasteiger partial charge < -0.3 is 24.1 Å². The fourth-order valence-corrected chi connectivity index (χ4v) is 1.72. The Labute approximate surface area is 118 Å². The number of hydrogen-bond donors (Lipinski definition) is 1. The molecule has 112 valence electrons. The lowest BCUT2D eigenvalue weighted by Gasteiger charge is -2.17. The Morgan fingerprint density at radius 1 is 1.10 bits per heavy atom. The highest BCUT2D eigenvalue weighted by Crippen LogP contribution is 2.37. The molecule has 0 saturated heterocycles. The lowest BCUT2D eigenvalue weighted by atomic mass is 10.1. The van der Waals surface area contributed by atoms with E-state index in [4.69, 9.17) is 18.9 Å². The van der Waals surface area contributed by atoms with Gasteiger partial charge in [-0.2, -0.15) is 0 Å². The molecule has 0 spiro atoms. The van der Waals surface area contributed by atoms with E-state index in [1.54, 1.807) is 13.0 Å². The third-order valence-corrected chi connectivity index (χ3v) is 2.62. The zero-order valence-corrected chi connectivity index (χ0v) is 12.1. The van der Waals surface area contributed by atoms with Gasteiger partial charge in [-0.05, 0) is 19.9 Å². The number of rotatable bonds is 7. The molecule has 0 saturated carbocycles. The molecule has 0 fully saturated rings. The molecule has 1 N–H and O–H groups in total. The van der Waals surface area contributed by atoms with Crippen LogP contribution in [0.4, 0.5) is 0 Å². The van der Waals surface area contributed by atoms with Crippen LogP contribution in [0, 0.1) is 0 Å². The van der Waals surface area contributed by atoms with Gasteiger partial charge in [-0.25, -0.2) is 4.79 Å². The highest BCUT2D eigenvalue weighted by molar-refractivity contribution is 5.78. The molecule has 0 aliphatic rings. The van der Waals surface area contributed by atoms with E-state index in [0.29, 0.717) is 23.9 Å². The number of aliphatic hydroxyl groups is 1. The molecular weight excluding hydrogens is 264 g/mol. The third-order valence-electron chi connectivity index (χ3n) is 2.62. The predicted molar refractivity (Wildman–Crippen MR) is 72.3 cm³/mol. The third kappa shape index (κ3) is 3.54. The monoisotopic (exact) mass is 284 g/mol. The summed E-state index contributed by atoms with van der Waals surface area (Å²) in [5.74, 6) is 0.474. The molecule has 0 heterocycles. The van der Waals surface area contributed by atoms with E-state index < -0.39 is 12.1 Å². The molecular formula is C14H20O6. The largest absolute Gasteiger partial charge is 0.496 e. The van der Waals surface area contributed by atoms with Crippen molar-refractivity contribution >= 4 is 5.97 Å². The van der Waals surface area contributed by atoms with E-state index in [1.165, 1.54) is 20.3 Å². The number of esters is 1. The van der Waals surface area contributed by atoms with Crippen molar-refractivity contribution in [1.82, 2.24) is 0 Å². The minimum Gasteiger partial charge on any atom is -0.496 e. The van der Waals surface area contributed by atoms with Crippen molar-refractivity contribution < 1.29 is 28.8 Å². The molecule has 1 unspecified atom stereocenters. The lowest BCUT2D eigenvalue weighted by molar-refractivity contribution is -0.153. The quantitative estimate of drug-likeness (QED) is 0.768. The number of benzene rings is 1. The summed E-state index contributed by atoms with van der Waals surface area (Å²) in [6.45, 7) is 4.11. The standard InChI is InChI=1S/C14H20O6/c1-5-19-12-7-9(13(15)14(16)20-6-2)10(17-3)8-11(12)18-4/h7-8,13,15H,5-6H2,1-4H3. The van der Waals surface area contributed by atoms with Crippen LogP contribution in [0.3, 0.4) is 0 Å². The Morgan fingerprint density at radius 3 is 2.25 bits per heavy atom. The van der Waals surface area contributed by atoms with Crippen molar-refractivity contribution in [3.05, 3.63) is 17.7 Å². The van der Waals surface area contributed by atoms with Crippen LogP contribution in [0.25, 0.3) is 0 Å². The summed E-state index contributed by atoms with van der Waals surface area (Å²) < 4.78 is 20.6. The number of carbonyl (C=O) groups is 1. The van der Waals surface area contributed by atoms with Crippen LogP contribution < -0.4 is 14.2 Å². The van der Waals surface area contributed by atoms with Crippen molar-refractivity contribution in [3.63, 3.8) is 0 Å². The molecule has 0 amide bonds. The number of aliphatic hydroxyl groups excluding tert-OH is 1. The van der Waals surface area contributed by atoms with Crippen LogP contribution >= 0.6 is 0 Å². The van der Waals surface area contributed by atoms with E-state index in [9.17, 15) is 9.90 Å². The van der Waals surface area contributed by atoms with Gasteiger partial charge >= 0.3 is 5.97 Å². The topological polar surface area (TPSA) is 74.2 Å². The minimum atomic E-state index is -1.44. The van der Waals surface area contributed by atoms with Crippen molar-refractivity contribution in [2.75, 3.05) is 27.4 Å². The maximum Gasteiger partial charge on any atom is 0.339 e. The molecule has 0 radical (unpaired) electrons. The van der Waals surface area contributed by atoms with E-state index in [-0.39, 0.29) is 12.2 Å². The molecule has 1 aromatic rings. The highest BCUT2D eigenvalue weighted by Gasteiger charge is 2.25. The first kappa shape index (κ1) is 16.1. The average Bonchev–Trinajstić information content (AvgIpc) is 2.46. The van der Waals surface area contributed by atoms with Crippen LogP contribution in [-0.4, -0.2) is 38.5 Å². The predicted octanol–water partition coefficient (Wildman–Crippen LogP) is 1.70. The molecule has 6 heteroatoms. The average molecular weight is 284 g/mol. The minimum absolute atomic E-state index is 0.187. The number of ether oxygens (including phenoxy) is 4. The molecule has 0 aromatic heterocycles. The second-order valence-corrected chi connectivity index (χ2v) is 3.83.